The van der Waals surface area contributed by atoms with Crippen LogP contribution in [-0.2, 0) is 22.7 Å². The van der Waals surface area contributed by atoms with E-state index in [0.717, 1.165) is 30.6 Å². The molecule has 3 fully saturated rings. The molecule has 2 atom stereocenters. The maximum absolute atomic E-state index is 13.2. The van der Waals surface area contributed by atoms with Crippen LogP contribution in [0.3, 0.4) is 0 Å². The number of fused-ring (bicyclic) bond motifs is 1. The van der Waals surface area contributed by atoms with Crippen LogP contribution in [0.2, 0.25) is 0 Å². The molecule has 3 amide bonds. The standard InChI is InChI=1S/C20H24N4O4/c25-14-6-20(10-21-11-20)23(9-14)7-12-2-1-3-13-8-24(19(28)17(12)13)15-4-5-16(26)22-18(15)27/h1-3,14-15,21,25H,4-11H2,(H,22,26,27). The van der Waals surface area contributed by atoms with Crippen molar-refractivity contribution >= 4 is 17.7 Å². The van der Waals surface area contributed by atoms with Crippen LogP contribution in [0.5, 0.6) is 0 Å². The monoisotopic (exact) mass is 384 g/mol. The Bertz CT molecular complexity index is 866. The lowest BCUT2D eigenvalue weighted by atomic mass is 9.88. The first kappa shape index (κ1) is 17.8. The molecule has 1 aromatic rings. The number of nitrogens with zero attached hydrogens (tertiary/aromatic N) is 2. The number of hydrogen-bond acceptors (Lipinski definition) is 6. The molecule has 28 heavy (non-hydrogen) atoms. The molecule has 4 aliphatic rings. The van der Waals surface area contributed by atoms with Gasteiger partial charge in [0.05, 0.1) is 6.10 Å². The Balaban J connectivity index is 1.40. The van der Waals surface area contributed by atoms with Gasteiger partial charge in [0.2, 0.25) is 11.8 Å². The van der Waals surface area contributed by atoms with Gasteiger partial charge in [-0.3, -0.25) is 24.6 Å². The number of rotatable bonds is 3. The molecule has 0 radical (unpaired) electrons. The van der Waals surface area contributed by atoms with E-state index in [1.165, 1.54) is 0 Å². The first-order valence-corrected chi connectivity index (χ1v) is 9.86. The van der Waals surface area contributed by atoms with Gasteiger partial charge in [0.1, 0.15) is 6.04 Å². The fourth-order valence-electron chi connectivity index (χ4n) is 5.12. The van der Waals surface area contributed by atoms with Gasteiger partial charge in [0.15, 0.2) is 0 Å². The molecular formula is C20H24N4O4. The Morgan fingerprint density at radius 3 is 2.75 bits per heavy atom. The average Bonchev–Trinajstić information content (AvgIpc) is 3.13. The first-order valence-electron chi connectivity index (χ1n) is 9.86. The van der Waals surface area contributed by atoms with Gasteiger partial charge in [0.25, 0.3) is 5.91 Å². The fraction of sp³-hybridized carbons (Fsp3) is 0.550. The lowest BCUT2D eigenvalue weighted by Crippen LogP contribution is -2.65. The van der Waals surface area contributed by atoms with Gasteiger partial charge in [-0.25, -0.2) is 0 Å². The molecule has 5 rings (SSSR count). The van der Waals surface area contributed by atoms with Gasteiger partial charge >= 0.3 is 0 Å². The van der Waals surface area contributed by atoms with Gasteiger partial charge in [-0.2, -0.15) is 0 Å². The van der Waals surface area contributed by atoms with Gasteiger partial charge in [-0.05, 0) is 24.0 Å². The van der Waals surface area contributed by atoms with Crippen LogP contribution >= 0.6 is 0 Å². The van der Waals surface area contributed by atoms with E-state index in [4.69, 9.17) is 0 Å². The number of amides is 3. The Labute approximate surface area is 162 Å². The van der Waals surface area contributed by atoms with Crippen molar-refractivity contribution in [1.82, 2.24) is 20.4 Å². The van der Waals surface area contributed by atoms with Crippen molar-refractivity contribution in [3.05, 3.63) is 34.9 Å². The minimum atomic E-state index is -0.596. The highest BCUT2D eigenvalue weighted by Crippen LogP contribution is 2.36. The third kappa shape index (κ3) is 2.67. The van der Waals surface area contributed by atoms with Crippen LogP contribution in [-0.4, -0.2) is 69.9 Å². The van der Waals surface area contributed by atoms with Crippen LogP contribution in [0.25, 0.3) is 0 Å². The molecule has 148 valence electrons. The SMILES string of the molecule is O=C1CCC(N2Cc3cccc(CN4CC(O)CC45CNC5)c3C2=O)C(=O)N1. The van der Waals surface area contributed by atoms with E-state index in [0.29, 0.717) is 31.6 Å². The molecule has 0 bridgehead atoms. The molecule has 2 unspecified atom stereocenters. The maximum atomic E-state index is 13.2. The average molecular weight is 384 g/mol. The summed E-state index contributed by atoms with van der Waals surface area (Å²) < 4.78 is 0. The molecule has 1 aromatic carbocycles. The molecule has 0 saturated carbocycles. The number of carbonyl (C=O) groups excluding carboxylic acids is 3. The number of hydrogen-bond donors (Lipinski definition) is 3. The van der Waals surface area contributed by atoms with Crippen molar-refractivity contribution in [3.63, 3.8) is 0 Å². The van der Waals surface area contributed by atoms with Crippen LogP contribution < -0.4 is 10.6 Å². The molecule has 4 heterocycles. The van der Waals surface area contributed by atoms with Crippen LogP contribution in [0.15, 0.2) is 18.2 Å². The number of aliphatic hydroxyl groups is 1. The van der Waals surface area contributed by atoms with Crippen molar-refractivity contribution in [2.75, 3.05) is 19.6 Å². The zero-order chi connectivity index (χ0) is 19.5. The molecular weight excluding hydrogens is 360 g/mol. The predicted molar refractivity (Wildman–Crippen MR) is 99.1 cm³/mol. The lowest BCUT2D eigenvalue weighted by molar-refractivity contribution is -0.136. The van der Waals surface area contributed by atoms with Gasteiger partial charge in [0, 0.05) is 50.2 Å². The van der Waals surface area contributed by atoms with E-state index >= 15 is 0 Å². The normalized spacial score (nSPS) is 29.2. The van der Waals surface area contributed by atoms with Crippen molar-refractivity contribution in [3.8, 4) is 0 Å². The number of likely N-dealkylation sites (tertiary alicyclic amines) is 1. The summed E-state index contributed by atoms with van der Waals surface area (Å²) in [5.74, 6) is -0.806. The quantitative estimate of drug-likeness (QED) is 0.599. The van der Waals surface area contributed by atoms with Gasteiger partial charge < -0.3 is 15.3 Å². The summed E-state index contributed by atoms with van der Waals surface area (Å²) in [5.41, 5.74) is 2.52. The molecule has 1 spiro atoms. The summed E-state index contributed by atoms with van der Waals surface area (Å²) in [7, 11) is 0. The van der Waals surface area contributed by atoms with Crippen molar-refractivity contribution < 1.29 is 19.5 Å². The fourth-order valence-corrected chi connectivity index (χ4v) is 5.12. The molecule has 0 aliphatic carbocycles. The number of imide groups is 1. The Kier molecular flexibility index (Phi) is 4.04. The van der Waals surface area contributed by atoms with Crippen LogP contribution in [0, 0.1) is 0 Å². The second-order valence-corrected chi connectivity index (χ2v) is 8.42. The second kappa shape index (κ2) is 6.37. The zero-order valence-corrected chi connectivity index (χ0v) is 15.6. The highest BCUT2D eigenvalue weighted by atomic mass is 16.3. The number of benzene rings is 1. The van der Waals surface area contributed by atoms with Crippen LogP contribution in [0.1, 0.15) is 40.7 Å². The van der Waals surface area contributed by atoms with E-state index in [1.807, 2.05) is 18.2 Å². The highest BCUT2D eigenvalue weighted by molar-refractivity contribution is 6.06. The molecule has 3 saturated heterocycles. The van der Waals surface area contributed by atoms with E-state index < -0.39 is 6.04 Å². The van der Waals surface area contributed by atoms with E-state index in [-0.39, 0.29) is 35.8 Å². The number of aliphatic hydroxyl groups excluding tert-OH is 1. The zero-order valence-electron chi connectivity index (χ0n) is 15.6. The summed E-state index contributed by atoms with van der Waals surface area (Å²) in [5, 5.41) is 15.8. The van der Waals surface area contributed by atoms with E-state index in [1.54, 1.807) is 4.90 Å². The van der Waals surface area contributed by atoms with E-state index in [9.17, 15) is 19.5 Å². The molecule has 8 nitrogen and oxygen atoms in total. The molecule has 8 heteroatoms. The molecule has 0 aromatic heterocycles. The van der Waals surface area contributed by atoms with E-state index in [2.05, 4.69) is 15.5 Å². The number of piperidine rings is 1. The summed E-state index contributed by atoms with van der Waals surface area (Å²) in [6, 6.07) is 5.26. The summed E-state index contributed by atoms with van der Waals surface area (Å²) in [4.78, 5) is 40.8. The van der Waals surface area contributed by atoms with Crippen molar-refractivity contribution in [2.24, 2.45) is 0 Å². The highest BCUT2D eigenvalue weighted by Gasteiger charge is 2.49. The van der Waals surface area contributed by atoms with Crippen molar-refractivity contribution in [1.29, 1.82) is 0 Å². The smallest absolute Gasteiger partial charge is 0.255 e. The Morgan fingerprint density at radius 2 is 2.04 bits per heavy atom. The Morgan fingerprint density at radius 1 is 1.21 bits per heavy atom. The van der Waals surface area contributed by atoms with Crippen LogP contribution in [0.4, 0.5) is 0 Å². The lowest BCUT2D eigenvalue weighted by Gasteiger charge is -2.46. The summed E-state index contributed by atoms with van der Waals surface area (Å²) in [6.45, 7) is 3.32. The number of nitrogens with one attached hydrogen (secondary N) is 2. The van der Waals surface area contributed by atoms with Gasteiger partial charge in [-0.1, -0.05) is 18.2 Å². The number of β-amino-alcohol motifs (C(OH)–C–C–N with tert-alkyl or cyclic N) is 1. The minimum Gasteiger partial charge on any atom is -0.392 e. The predicted octanol–water partition coefficient (Wildman–Crippen LogP) is -0.644. The topological polar surface area (TPSA) is 102 Å². The summed E-state index contributed by atoms with van der Waals surface area (Å²) in [6.07, 6.45) is 1.04. The first-order chi connectivity index (χ1) is 13.5. The minimum absolute atomic E-state index is 0.0207. The largest absolute Gasteiger partial charge is 0.392 e. The van der Waals surface area contributed by atoms with Crippen molar-refractivity contribution in [2.45, 2.75) is 50.0 Å². The van der Waals surface area contributed by atoms with Gasteiger partial charge in [-0.15, -0.1) is 0 Å². The third-order valence-electron chi connectivity index (χ3n) is 6.63. The third-order valence-corrected chi connectivity index (χ3v) is 6.63. The number of carbonyl (C=O) groups is 3. The molecule has 4 aliphatic heterocycles. The maximum Gasteiger partial charge on any atom is 0.255 e. The summed E-state index contributed by atoms with van der Waals surface area (Å²) >= 11 is 0. The molecule has 3 N–H and O–H groups in total. The second-order valence-electron chi connectivity index (χ2n) is 8.42. The Hall–Kier alpha value is -2.29.